The lowest BCUT2D eigenvalue weighted by Gasteiger charge is -2.46. The first-order valence-electron chi connectivity index (χ1n) is 4.05. The van der Waals surface area contributed by atoms with E-state index in [-0.39, 0.29) is 24.0 Å². The maximum Gasteiger partial charge on any atom is 0.311 e. The molecule has 0 amide bonds. The van der Waals surface area contributed by atoms with Gasteiger partial charge in [-0.2, -0.15) is 0 Å². The molecule has 0 aliphatic heterocycles. The molecule has 3 heteroatoms. The number of hydrogen-bond donors (Lipinski definition) is 1. The van der Waals surface area contributed by atoms with E-state index in [1.807, 2.05) is 20.8 Å². The molecule has 0 spiro atoms. The Morgan fingerprint density at radius 2 is 1.83 bits per heavy atom. The van der Waals surface area contributed by atoms with Crippen molar-refractivity contribution in [3.8, 4) is 0 Å². The third-order valence-corrected chi connectivity index (χ3v) is 2.84. The van der Waals surface area contributed by atoms with Gasteiger partial charge in [-0.1, -0.05) is 20.8 Å². The van der Waals surface area contributed by atoms with Crippen LogP contribution in [0.25, 0.3) is 0 Å². The summed E-state index contributed by atoms with van der Waals surface area (Å²) in [6, 6.07) is 0. The fraction of sp³-hybridized carbons (Fsp3) is 0.778. The first-order valence-corrected chi connectivity index (χ1v) is 4.05. The van der Waals surface area contributed by atoms with E-state index in [0.29, 0.717) is 0 Å². The molecular formula is C9H14O3. The maximum atomic E-state index is 10.9. The number of hydrogen-bond acceptors (Lipinski definition) is 2. The van der Waals surface area contributed by atoms with E-state index in [2.05, 4.69) is 0 Å². The minimum atomic E-state index is -0.838. The van der Waals surface area contributed by atoms with Crippen molar-refractivity contribution < 1.29 is 14.7 Å². The fourth-order valence-corrected chi connectivity index (χ4v) is 1.62. The maximum absolute atomic E-state index is 10.9. The van der Waals surface area contributed by atoms with Gasteiger partial charge in [0.25, 0.3) is 0 Å². The highest BCUT2D eigenvalue weighted by Crippen LogP contribution is 2.51. The van der Waals surface area contributed by atoms with Gasteiger partial charge in [0.05, 0.1) is 5.41 Å². The standard InChI is InChI=1S/C9H14O3/c1-8(2,3)9(7(11)12)4-6(10)5-9/h4-5H2,1-3H3,(H,11,12). The Kier molecular flexibility index (Phi) is 1.78. The number of carboxylic acids is 1. The molecule has 0 aromatic rings. The van der Waals surface area contributed by atoms with Crippen LogP contribution in [0.1, 0.15) is 33.6 Å². The van der Waals surface area contributed by atoms with E-state index < -0.39 is 11.4 Å². The van der Waals surface area contributed by atoms with Crippen LogP contribution in [-0.2, 0) is 9.59 Å². The van der Waals surface area contributed by atoms with Crippen molar-refractivity contribution in [2.75, 3.05) is 0 Å². The van der Waals surface area contributed by atoms with Crippen molar-refractivity contribution in [2.45, 2.75) is 33.6 Å². The second kappa shape index (κ2) is 2.31. The van der Waals surface area contributed by atoms with Crippen molar-refractivity contribution in [2.24, 2.45) is 10.8 Å². The number of carbonyl (C=O) groups is 2. The Labute approximate surface area is 71.8 Å². The molecule has 0 unspecified atom stereocenters. The molecular weight excluding hydrogens is 156 g/mol. The monoisotopic (exact) mass is 170 g/mol. The van der Waals surface area contributed by atoms with Gasteiger partial charge in [-0.25, -0.2) is 0 Å². The van der Waals surface area contributed by atoms with E-state index in [9.17, 15) is 9.59 Å². The van der Waals surface area contributed by atoms with E-state index in [1.165, 1.54) is 0 Å². The van der Waals surface area contributed by atoms with Gasteiger partial charge >= 0.3 is 5.97 Å². The number of carbonyl (C=O) groups excluding carboxylic acids is 1. The number of ketones is 1. The minimum Gasteiger partial charge on any atom is -0.481 e. The zero-order valence-corrected chi connectivity index (χ0v) is 7.68. The summed E-state index contributed by atoms with van der Waals surface area (Å²) in [5.74, 6) is -0.776. The van der Waals surface area contributed by atoms with Gasteiger partial charge in [-0.3, -0.25) is 9.59 Å². The zero-order chi connectivity index (χ0) is 9.57. The average molecular weight is 170 g/mol. The van der Waals surface area contributed by atoms with Crippen molar-refractivity contribution >= 4 is 11.8 Å². The molecule has 3 nitrogen and oxygen atoms in total. The van der Waals surface area contributed by atoms with Crippen LogP contribution in [0.2, 0.25) is 0 Å². The first kappa shape index (κ1) is 9.23. The van der Waals surface area contributed by atoms with Gasteiger partial charge in [0.2, 0.25) is 0 Å². The highest BCUT2D eigenvalue weighted by atomic mass is 16.4. The molecule has 0 heterocycles. The lowest BCUT2D eigenvalue weighted by Crippen LogP contribution is -2.52. The first-order chi connectivity index (χ1) is 5.29. The number of carboxylic acid groups (broad SMARTS) is 1. The zero-order valence-electron chi connectivity index (χ0n) is 7.68. The highest BCUT2D eigenvalue weighted by molar-refractivity contribution is 5.97. The second-order valence-corrected chi connectivity index (χ2v) is 4.53. The van der Waals surface area contributed by atoms with E-state index in [4.69, 9.17) is 5.11 Å². The molecule has 0 bridgehead atoms. The molecule has 1 rings (SSSR count). The van der Waals surface area contributed by atoms with Crippen LogP contribution in [-0.4, -0.2) is 16.9 Å². The predicted octanol–water partition coefficient (Wildman–Crippen LogP) is 1.47. The number of rotatable bonds is 1. The summed E-state index contributed by atoms with van der Waals surface area (Å²) in [4.78, 5) is 21.7. The molecule has 1 N–H and O–H groups in total. The molecule has 1 aliphatic rings. The van der Waals surface area contributed by atoms with Gasteiger partial charge < -0.3 is 5.11 Å². The molecule has 1 aliphatic carbocycles. The lowest BCUT2D eigenvalue weighted by atomic mass is 9.54. The van der Waals surface area contributed by atoms with Crippen LogP contribution in [0.4, 0.5) is 0 Å². The molecule has 0 atom stereocenters. The van der Waals surface area contributed by atoms with Crippen LogP contribution in [0.3, 0.4) is 0 Å². The van der Waals surface area contributed by atoms with Crippen molar-refractivity contribution in [1.29, 1.82) is 0 Å². The predicted molar refractivity (Wildman–Crippen MR) is 43.8 cm³/mol. The van der Waals surface area contributed by atoms with Gasteiger partial charge in [0.1, 0.15) is 5.78 Å². The topological polar surface area (TPSA) is 54.4 Å². The molecule has 12 heavy (non-hydrogen) atoms. The van der Waals surface area contributed by atoms with Crippen LogP contribution in [0.5, 0.6) is 0 Å². The average Bonchev–Trinajstić information content (AvgIpc) is 1.76. The number of aliphatic carboxylic acids is 1. The van der Waals surface area contributed by atoms with Gasteiger partial charge in [0.15, 0.2) is 0 Å². The third kappa shape index (κ3) is 1.04. The van der Waals surface area contributed by atoms with Gasteiger partial charge in [-0.05, 0) is 5.41 Å². The molecule has 1 saturated carbocycles. The quantitative estimate of drug-likeness (QED) is 0.648. The van der Waals surface area contributed by atoms with Crippen molar-refractivity contribution in [3.63, 3.8) is 0 Å². The van der Waals surface area contributed by atoms with E-state index in [1.54, 1.807) is 0 Å². The SMILES string of the molecule is CC(C)(C)C1(C(=O)O)CC(=O)C1. The summed E-state index contributed by atoms with van der Waals surface area (Å²) in [5, 5.41) is 8.98. The van der Waals surface area contributed by atoms with Crippen molar-refractivity contribution in [3.05, 3.63) is 0 Å². The summed E-state index contributed by atoms with van der Waals surface area (Å²) in [6.45, 7) is 5.61. The minimum absolute atomic E-state index is 0.0623. The fourth-order valence-electron chi connectivity index (χ4n) is 1.62. The summed E-state index contributed by atoms with van der Waals surface area (Å²) in [5.41, 5.74) is -1.13. The Morgan fingerprint density at radius 3 is 1.92 bits per heavy atom. The summed E-state index contributed by atoms with van der Waals surface area (Å²) in [6.07, 6.45) is 0.400. The third-order valence-electron chi connectivity index (χ3n) is 2.84. The van der Waals surface area contributed by atoms with Crippen LogP contribution >= 0.6 is 0 Å². The summed E-state index contributed by atoms with van der Waals surface area (Å²) < 4.78 is 0. The second-order valence-electron chi connectivity index (χ2n) is 4.53. The van der Waals surface area contributed by atoms with Crippen LogP contribution in [0.15, 0.2) is 0 Å². The molecule has 68 valence electrons. The highest BCUT2D eigenvalue weighted by Gasteiger charge is 2.57. The molecule has 0 radical (unpaired) electrons. The largest absolute Gasteiger partial charge is 0.481 e. The van der Waals surface area contributed by atoms with E-state index in [0.717, 1.165) is 0 Å². The van der Waals surface area contributed by atoms with Crippen molar-refractivity contribution in [1.82, 2.24) is 0 Å². The molecule has 0 saturated heterocycles. The van der Waals surface area contributed by atoms with Gasteiger partial charge in [0, 0.05) is 12.8 Å². The van der Waals surface area contributed by atoms with Gasteiger partial charge in [-0.15, -0.1) is 0 Å². The Hall–Kier alpha value is -0.860. The number of Topliss-reactive ketones (excluding diaryl/α,β-unsaturated/α-hetero) is 1. The Balaban J connectivity index is 2.92. The van der Waals surface area contributed by atoms with E-state index >= 15 is 0 Å². The lowest BCUT2D eigenvalue weighted by molar-refractivity contribution is -0.171. The summed E-state index contributed by atoms with van der Waals surface area (Å²) in [7, 11) is 0. The normalized spacial score (nSPS) is 21.8. The molecule has 0 aromatic carbocycles. The molecule has 1 fully saturated rings. The smallest absolute Gasteiger partial charge is 0.311 e. The molecule has 0 aromatic heterocycles. The van der Waals surface area contributed by atoms with Crippen LogP contribution in [0, 0.1) is 10.8 Å². The summed E-state index contributed by atoms with van der Waals surface area (Å²) >= 11 is 0. The Morgan fingerprint density at radius 1 is 1.42 bits per heavy atom. The van der Waals surface area contributed by atoms with Crippen LogP contribution < -0.4 is 0 Å². The Bertz CT molecular complexity index is 227.